The van der Waals surface area contributed by atoms with Crippen LogP contribution in [0.2, 0.25) is 10.0 Å². The quantitative estimate of drug-likeness (QED) is 0.291. The highest BCUT2D eigenvalue weighted by Gasteiger charge is 2.32. The van der Waals surface area contributed by atoms with Crippen molar-refractivity contribution in [1.82, 2.24) is 15.3 Å². The summed E-state index contributed by atoms with van der Waals surface area (Å²) in [5, 5.41) is 15.4. The second-order valence-electron chi connectivity index (χ2n) is 7.58. The van der Waals surface area contributed by atoms with Crippen LogP contribution in [0.15, 0.2) is 43.2 Å². The molecule has 1 aromatic heterocycles. The molecule has 178 valence electrons. The third-order valence-corrected chi connectivity index (χ3v) is 6.04. The van der Waals surface area contributed by atoms with Gasteiger partial charge in [-0.15, -0.1) is 0 Å². The summed E-state index contributed by atoms with van der Waals surface area (Å²) in [6.45, 7) is 3.33. The van der Waals surface area contributed by atoms with Gasteiger partial charge in [-0.1, -0.05) is 29.8 Å². The van der Waals surface area contributed by atoms with Crippen LogP contribution in [0.1, 0.15) is 12.8 Å². The predicted molar refractivity (Wildman–Crippen MR) is 128 cm³/mol. The maximum absolute atomic E-state index is 14.6. The molecule has 0 atom stereocenters. The van der Waals surface area contributed by atoms with E-state index >= 15 is 0 Å². The highest BCUT2D eigenvalue weighted by atomic mass is 35.5. The fourth-order valence-electron chi connectivity index (χ4n) is 3.49. The number of aliphatic hydroxyl groups excluding tert-OH is 1. The Balaban J connectivity index is 1.63. The van der Waals surface area contributed by atoms with Gasteiger partial charge in [-0.05, 0) is 24.3 Å². The lowest BCUT2D eigenvalue weighted by atomic mass is 9.89. The van der Waals surface area contributed by atoms with Crippen molar-refractivity contribution in [2.24, 2.45) is 0 Å². The van der Waals surface area contributed by atoms with E-state index in [1.165, 1.54) is 24.5 Å². The van der Waals surface area contributed by atoms with E-state index in [0.717, 1.165) is 0 Å². The molecule has 0 radical (unpaired) electrons. The van der Waals surface area contributed by atoms with E-state index in [9.17, 15) is 14.3 Å². The number of amides is 1. The standard InChI is InChI=1S/C23H21Cl2FN4O4/c1-2-20(32)29-12-7-13(8-12)34-19-9-14-17(10-18(19)33-6-5-31)27-11-28-23(14)30-16-4-3-15(24)21(25)22(16)26/h2-4,9-13,31H,1,5-8H2,(H,29,32)(H,27,28,30). The number of ether oxygens (including phenoxy) is 2. The predicted octanol–water partition coefficient (Wildman–Crippen LogP) is 4.40. The summed E-state index contributed by atoms with van der Waals surface area (Å²) in [7, 11) is 0. The Morgan fingerprint density at radius 2 is 2.06 bits per heavy atom. The summed E-state index contributed by atoms with van der Waals surface area (Å²) in [4.78, 5) is 20.0. The Labute approximate surface area is 204 Å². The van der Waals surface area contributed by atoms with E-state index in [1.54, 1.807) is 12.1 Å². The molecule has 8 nitrogen and oxygen atoms in total. The van der Waals surface area contributed by atoms with Crippen LogP contribution in [0, 0.1) is 5.82 Å². The largest absolute Gasteiger partial charge is 0.487 e. The molecule has 0 aliphatic heterocycles. The molecular formula is C23H21Cl2FN4O4. The smallest absolute Gasteiger partial charge is 0.243 e. The first kappa shape index (κ1) is 24.0. The second-order valence-corrected chi connectivity index (χ2v) is 8.36. The molecule has 1 aliphatic rings. The molecule has 1 aliphatic carbocycles. The van der Waals surface area contributed by atoms with E-state index in [2.05, 4.69) is 27.2 Å². The maximum atomic E-state index is 14.6. The van der Waals surface area contributed by atoms with Crippen LogP contribution in [-0.2, 0) is 4.79 Å². The van der Waals surface area contributed by atoms with Crippen molar-refractivity contribution >= 4 is 51.5 Å². The van der Waals surface area contributed by atoms with Gasteiger partial charge in [-0.2, -0.15) is 0 Å². The highest BCUT2D eigenvalue weighted by molar-refractivity contribution is 6.42. The number of benzene rings is 2. The molecule has 0 unspecified atom stereocenters. The van der Waals surface area contributed by atoms with Crippen molar-refractivity contribution in [1.29, 1.82) is 0 Å². The second kappa shape index (κ2) is 10.4. The number of hydrogen-bond acceptors (Lipinski definition) is 7. The number of nitrogens with zero attached hydrogens (tertiary/aromatic N) is 2. The molecule has 1 heterocycles. The number of aromatic nitrogens is 2. The molecule has 3 N–H and O–H groups in total. The first-order chi connectivity index (χ1) is 16.4. The van der Waals surface area contributed by atoms with Gasteiger partial charge in [0.15, 0.2) is 17.3 Å². The lowest BCUT2D eigenvalue weighted by Gasteiger charge is -2.35. The van der Waals surface area contributed by atoms with Gasteiger partial charge < -0.3 is 25.2 Å². The summed E-state index contributed by atoms with van der Waals surface area (Å²) in [6.07, 6.45) is 3.63. The van der Waals surface area contributed by atoms with Crippen molar-refractivity contribution in [2.45, 2.75) is 25.0 Å². The number of rotatable bonds is 9. The molecule has 0 bridgehead atoms. The average Bonchev–Trinajstić information content (AvgIpc) is 2.81. The topological polar surface area (TPSA) is 106 Å². The highest BCUT2D eigenvalue weighted by Crippen LogP contribution is 2.38. The number of hydrogen-bond donors (Lipinski definition) is 3. The fraction of sp³-hybridized carbons (Fsp3) is 0.261. The van der Waals surface area contributed by atoms with Gasteiger partial charge in [0.2, 0.25) is 5.91 Å². The van der Waals surface area contributed by atoms with E-state index in [1.807, 2.05) is 0 Å². The normalized spacial score (nSPS) is 17.1. The minimum atomic E-state index is -0.706. The number of carbonyl (C=O) groups is 1. The molecule has 1 fully saturated rings. The van der Waals surface area contributed by atoms with Crippen molar-refractivity contribution in [3.8, 4) is 11.5 Å². The Morgan fingerprint density at radius 3 is 2.79 bits per heavy atom. The van der Waals surface area contributed by atoms with E-state index in [0.29, 0.717) is 41.1 Å². The molecule has 11 heteroatoms. The zero-order valence-electron chi connectivity index (χ0n) is 17.9. The summed E-state index contributed by atoms with van der Waals surface area (Å²) < 4.78 is 26.3. The summed E-state index contributed by atoms with van der Waals surface area (Å²) in [6, 6.07) is 6.28. The van der Waals surface area contributed by atoms with Gasteiger partial charge in [0.05, 0.1) is 27.9 Å². The lowest BCUT2D eigenvalue weighted by Crippen LogP contribution is -2.48. The van der Waals surface area contributed by atoms with Crippen LogP contribution in [0.25, 0.3) is 10.9 Å². The molecule has 4 rings (SSSR count). The zero-order chi connectivity index (χ0) is 24.2. The summed E-state index contributed by atoms with van der Waals surface area (Å²) in [5.74, 6) is 0.189. The SMILES string of the molecule is C=CC(=O)NC1CC(Oc2cc3c(Nc4ccc(Cl)c(Cl)c4F)ncnc3cc2OCCO)C1. The van der Waals surface area contributed by atoms with E-state index in [4.69, 9.17) is 32.7 Å². The first-order valence-electron chi connectivity index (χ1n) is 10.4. The number of anilines is 2. The Morgan fingerprint density at radius 1 is 1.26 bits per heavy atom. The molecule has 3 aromatic rings. The van der Waals surface area contributed by atoms with Gasteiger partial charge in [0, 0.05) is 30.3 Å². The van der Waals surface area contributed by atoms with Crippen LogP contribution < -0.4 is 20.1 Å². The Hall–Kier alpha value is -3.14. The van der Waals surface area contributed by atoms with Gasteiger partial charge >= 0.3 is 0 Å². The monoisotopic (exact) mass is 506 g/mol. The summed E-state index contributed by atoms with van der Waals surface area (Å²) in [5.41, 5.74) is 0.611. The van der Waals surface area contributed by atoms with Crippen LogP contribution >= 0.6 is 23.2 Å². The fourth-order valence-corrected chi connectivity index (χ4v) is 3.80. The van der Waals surface area contributed by atoms with Crippen LogP contribution in [0.4, 0.5) is 15.9 Å². The van der Waals surface area contributed by atoms with Gasteiger partial charge in [0.1, 0.15) is 24.9 Å². The molecule has 34 heavy (non-hydrogen) atoms. The minimum absolute atomic E-state index is 0.00374. The lowest BCUT2D eigenvalue weighted by molar-refractivity contribution is -0.118. The first-order valence-corrected chi connectivity index (χ1v) is 11.2. The Bertz CT molecular complexity index is 1240. The number of nitrogens with one attached hydrogen (secondary N) is 2. The minimum Gasteiger partial charge on any atom is -0.487 e. The average molecular weight is 507 g/mol. The van der Waals surface area contributed by atoms with Crippen molar-refractivity contribution < 1.29 is 23.8 Å². The maximum Gasteiger partial charge on any atom is 0.243 e. The van der Waals surface area contributed by atoms with Crippen molar-refractivity contribution in [2.75, 3.05) is 18.5 Å². The van der Waals surface area contributed by atoms with Gasteiger partial charge in [-0.3, -0.25) is 4.79 Å². The van der Waals surface area contributed by atoms with Crippen LogP contribution in [0.5, 0.6) is 11.5 Å². The third kappa shape index (κ3) is 5.16. The molecule has 1 amide bonds. The molecule has 2 aromatic carbocycles. The molecule has 0 saturated heterocycles. The van der Waals surface area contributed by atoms with E-state index < -0.39 is 5.82 Å². The third-order valence-electron chi connectivity index (χ3n) is 5.26. The van der Waals surface area contributed by atoms with Crippen molar-refractivity contribution in [3.63, 3.8) is 0 Å². The van der Waals surface area contributed by atoms with Gasteiger partial charge in [-0.25, -0.2) is 14.4 Å². The molecule has 0 spiro atoms. The van der Waals surface area contributed by atoms with E-state index in [-0.39, 0.29) is 47.0 Å². The van der Waals surface area contributed by atoms with Crippen LogP contribution in [-0.4, -0.2) is 46.3 Å². The number of fused-ring (bicyclic) bond motifs is 1. The summed E-state index contributed by atoms with van der Waals surface area (Å²) >= 11 is 11.8. The number of halogens is 3. The van der Waals surface area contributed by atoms with Crippen LogP contribution in [0.3, 0.4) is 0 Å². The van der Waals surface area contributed by atoms with Crippen molar-refractivity contribution in [3.05, 3.63) is 59.1 Å². The number of carbonyl (C=O) groups excluding carboxylic acids is 1. The molecule has 1 saturated carbocycles. The molecular weight excluding hydrogens is 486 g/mol. The zero-order valence-corrected chi connectivity index (χ0v) is 19.4. The Kier molecular flexibility index (Phi) is 7.35. The number of aliphatic hydroxyl groups is 1. The van der Waals surface area contributed by atoms with Gasteiger partial charge in [0.25, 0.3) is 0 Å².